The van der Waals surface area contributed by atoms with Crippen LogP contribution in [0.1, 0.15) is 42.9 Å². The highest BCUT2D eigenvalue weighted by atomic mass is 16.2. The number of hydrogen-bond donors (Lipinski definition) is 2. The number of carbonyl (C=O) groups excluding carboxylic acids is 3. The Morgan fingerprint density at radius 1 is 1.19 bits per heavy atom. The summed E-state index contributed by atoms with van der Waals surface area (Å²) in [7, 11) is 0. The Morgan fingerprint density at radius 3 is 2.46 bits per heavy atom. The molecular weight excluding hydrogens is 332 g/mol. The van der Waals surface area contributed by atoms with Crippen molar-refractivity contribution in [1.82, 2.24) is 10.2 Å². The zero-order valence-corrected chi connectivity index (χ0v) is 14.2. The number of anilines is 2. The molecule has 1 aromatic carbocycles. The monoisotopic (exact) mass is 350 g/mol. The van der Waals surface area contributed by atoms with Crippen LogP contribution in [0.15, 0.2) is 42.5 Å². The zero-order valence-electron chi connectivity index (χ0n) is 14.2. The molecule has 0 spiro atoms. The van der Waals surface area contributed by atoms with E-state index >= 15 is 0 Å². The van der Waals surface area contributed by atoms with Crippen LogP contribution in [0.2, 0.25) is 0 Å². The van der Waals surface area contributed by atoms with Gasteiger partial charge in [-0.3, -0.25) is 19.5 Å². The van der Waals surface area contributed by atoms with E-state index in [1.54, 1.807) is 31.2 Å². The first kappa shape index (κ1) is 16.3. The Bertz CT molecular complexity index is 891. The van der Waals surface area contributed by atoms with Crippen molar-refractivity contribution in [3.63, 3.8) is 0 Å². The van der Waals surface area contributed by atoms with Gasteiger partial charge in [0.05, 0.1) is 11.6 Å². The molecule has 1 atom stereocenters. The first-order valence-electron chi connectivity index (χ1n) is 8.55. The van der Waals surface area contributed by atoms with Crippen molar-refractivity contribution < 1.29 is 14.4 Å². The smallest absolute Gasteiger partial charge is 0.258 e. The minimum Gasteiger partial charge on any atom is -0.309 e. The zero-order chi connectivity index (χ0) is 18.3. The van der Waals surface area contributed by atoms with Gasteiger partial charge in [0.15, 0.2) is 5.82 Å². The molecule has 3 amide bonds. The summed E-state index contributed by atoms with van der Waals surface area (Å²) >= 11 is 0. The number of amides is 3. The van der Waals surface area contributed by atoms with Crippen LogP contribution in [0, 0.1) is 0 Å². The maximum Gasteiger partial charge on any atom is 0.258 e. The van der Waals surface area contributed by atoms with Crippen LogP contribution in [0.25, 0.3) is 0 Å². The second-order valence-electron chi connectivity index (χ2n) is 6.63. The lowest BCUT2D eigenvalue weighted by atomic mass is 10.00. The van der Waals surface area contributed by atoms with Crippen LogP contribution in [0.3, 0.4) is 0 Å². The Morgan fingerprint density at radius 2 is 1.85 bits per heavy atom. The van der Waals surface area contributed by atoms with Crippen molar-refractivity contribution in [2.24, 2.45) is 0 Å². The van der Waals surface area contributed by atoms with Gasteiger partial charge in [0.25, 0.3) is 11.8 Å². The molecule has 1 unspecified atom stereocenters. The normalized spacial score (nSPS) is 17.7. The largest absolute Gasteiger partial charge is 0.309 e. The number of H-pyrrole nitrogens is 1. The highest BCUT2D eigenvalue weighted by Crippen LogP contribution is 2.39. The highest BCUT2D eigenvalue weighted by molar-refractivity contribution is 6.28. The summed E-state index contributed by atoms with van der Waals surface area (Å²) in [6, 6.07) is 8.71. The Labute approximate surface area is 150 Å². The summed E-state index contributed by atoms with van der Waals surface area (Å²) in [6.07, 6.45) is 4.81. The predicted molar refractivity (Wildman–Crippen MR) is 95.7 cm³/mol. The Balaban J connectivity index is 1.43. The lowest BCUT2D eigenvalue weighted by Crippen LogP contribution is -2.29. The summed E-state index contributed by atoms with van der Waals surface area (Å²) in [5, 5.41) is 9.91. The van der Waals surface area contributed by atoms with Crippen LogP contribution < -0.4 is 10.2 Å². The van der Waals surface area contributed by atoms with E-state index in [2.05, 4.69) is 15.5 Å². The summed E-state index contributed by atoms with van der Waals surface area (Å²) in [5.74, 6) is -0.213. The molecule has 7 heteroatoms. The standard InChI is InChI=1S/C19H18N4O3/c1-11(19(26)20-16-10-15(21-22-16)13-2-3-13)12-4-6-14(7-5-12)23-17(24)8-9-18(23)25/h4-11,13H,2-3H2,1H3,(H2,20,21,22,26). The first-order valence-corrected chi connectivity index (χ1v) is 8.55. The van der Waals surface area contributed by atoms with Gasteiger partial charge in [-0.2, -0.15) is 5.10 Å². The maximum absolute atomic E-state index is 12.5. The molecule has 1 saturated carbocycles. The molecule has 2 N–H and O–H groups in total. The average molecular weight is 350 g/mol. The van der Waals surface area contributed by atoms with Gasteiger partial charge in [-0.05, 0) is 37.5 Å². The fourth-order valence-corrected chi connectivity index (χ4v) is 2.96. The third-order valence-corrected chi connectivity index (χ3v) is 4.72. The van der Waals surface area contributed by atoms with Gasteiger partial charge in [0, 0.05) is 29.8 Å². The summed E-state index contributed by atoms with van der Waals surface area (Å²) < 4.78 is 0. The van der Waals surface area contributed by atoms with E-state index in [9.17, 15) is 14.4 Å². The van der Waals surface area contributed by atoms with Gasteiger partial charge < -0.3 is 5.32 Å². The summed E-state index contributed by atoms with van der Waals surface area (Å²) in [5.41, 5.74) is 2.34. The second-order valence-corrected chi connectivity index (χ2v) is 6.63. The van der Waals surface area contributed by atoms with Gasteiger partial charge >= 0.3 is 0 Å². The van der Waals surface area contributed by atoms with Crippen LogP contribution in [0.5, 0.6) is 0 Å². The van der Waals surface area contributed by atoms with Gasteiger partial charge in [0.1, 0.15) is 0 Å². The van der Waals surface area contributed by atoms with Gasteiger partial charge in [-0.15, -0.1) is 0 Å². The van der Waals surface area contributed by atoms with Crippen molar-refractivity contribution in [2.75, 3.05) is 10.2 Å². The molecule has 2 aromatic rings. The second kappa shape index (κ2) is 6.25. The van der Waals surface area contributed by atoms with Crippen molar-refractivity contribution in [3.8, 4) is 0 Å². The SMILES string of the molecule is CC(C(=O)Nc1cc(C2CC2)[nH]n1)c1ccc(N2C(=O)C=CC2=O)cc1. The fraction of sp³-hybridized carbons (Fsp3) is 0.263. The molecule has 2 heterocycles. The molecule has 1 aromatic heterocycles. The third kappa shape index (κ3) is 3.03. The van der Waals surface area contributed by atoms with Crippen molar-refractivity contribution in [1.29, 1.82) is 0 Å². The number of hydrogen-bond acceptors (Lipinski definition) is 4. The molecule has 1 fully saturated rings. The number of benzene rings is 1. The van der Waals surface area contributed by atoms with Crippen molar-refractivity contribution in [2.45, 2.75) is 31.6 Å². The molecule has 0 bridgehead atoms. The molecule has 7 nitrogen and oxygen atoms in total. The van der Waals surface area contributed by atoms with E-state index in [0.29, 0.717) is 17.4 Å². The number of nitrogens with zero attached hydrogens (tertiary/aromatic N) is 2. The van der Waals surface area contributed by atoms with Gasteiger partial charge in [0.2, 0.25) is 5.91 Å². The van der Waals surface area contributed by atoms with Gasteiger partial charge in [-0.25, -0.2) is 4.90 Å². The first-order chi connectivity index (χ1) is 12.5. The lowest BCUT2D eigenvalue weighted by molar-refractivity contribution is -0.120. The van der Waals surface area contributed by atoms with E-state index in [1.807, 2.05) is 6.07 Å². The number of aromatic nitrogens is 2. The lowest BCUT2D eigenvalue weighted by Gasteiger charge is -2.16. The number of rotatable bonds is 5. The van der Waals surface area contributed by atoms with Crippen LogP contribution in [0.4, 0.5) is 11.5 Å². The van der Waals surface area contributed by atoms with E-state index in [1.165, 1.54) is 12.2 Å². The van der Waals surface area contributed by atoms with Crippen molar-refractivity contribution >= 4 is 29.2 Å². The highest BCUT2D eigenvalue weighted by Gasteiger charge is 2.27. The minimum atomic E-state index is -0.395. The van der Waals surface area contributed by atoms with Crippen molar-refractivity contribution in [3.05, 3.63) is 53.7 Å². The topological polar surface area (TPSA) is 95.2 Å². The summed E-state index contributed by atoms with van der Waals surface area (Å²) in [6.45, 7) is 1.80. The quantitative estimate of drug-likeness (QED) is 0.810. The molecule has 1 aliphatic carbocycles. The van der Waals surface area contributed by atoms with E-state index in [-0.39, 0.29) is 17.7 Å². The van der Waals surface area contributed by atoms with E-state index in [4.69, 9.17) is 0 Å². The number of imide groups is 1. The molecule has 1 aliphatic heterocycles. The molecule has 2 aliphatic rings. The van der Waals surface area contributed by atoms with E-state index in [0.717, 1.165) is 29.0 Å². The molecule has 0 radical (unpaired) electrons. The summed E-state index contributed by atoms with van der Waals surface area (Å²) in [4.78, 5) is 37.0. The molecule has 0 saturated heterocycles. The van der Waals surface area contributed by atoms with E-state index < -0.39 is 5.92 Å². The Kier molecular flexibility index (Phi) is 3.91. The van der Waals surface area contributed by atoms with Crippen LogP contribution in [-0.2, 0) is 14.4 Å². The molecule has 26 heavy (non-hydrogen) atoms. The fourth-order valence-electron chi connectivity index (χ4n) is 2.96. The number of nitrogens with one attached hydrogen (secondary N) is 2. The predicted octanol–water partition coefficient (Wildman–Crippen LogP) is 2.46. The van der Waals surface area contributed by atoms with Crippen LogP contribution in [-0.4, -0.2) is 27.9 Å². The molecule has 4 rings (SSSR count). The van der Waals surface area contributed by atoms with Gasteiger partial charge in [-0.1, -0.05) is 12.1 Å². The van der Waals surface area contributed by atoms with Crippen LogP contribution >= 0.6 is 0 Å². The number of aromatic amines is 1. The minimum absolute atomic E-state index is 0.165. The maximum atomic E-state index is 12.5. The third-order valence-electron chi connectivity index (χ3n) is 4.72. The number of carbonyl (C=O) groups is 3. The Hall–Kier alpha value is -3.22. The molecule has 132 valence electrons. The average Bonchev–Trinajstić information content (AvgIpc) is 3.30. The molecular formula is C19H18N4O3.